The Morgan fingerprint density at radius 2 is 0.979 bits per heavy atom. The van der Waals surface area contributed by atoms with E-state index in [1.807, 2.05) is 99.6 Å². The van der Waals surface area contributed by atoms with E-state index >= 15 is 0 Å². The van der Waals surface area contributed by atoms with E-state index in [1.54, 1.807) is 21.1 Å². The van der Waals surface area contributed by atoms with Gasteiger partial charge in [0.15, 0.2) is 0 Å². The molecule has 1 rings (SSSR count). The molecular weight excluding hydrogens is 596 g/mol. The summed E-state index contributed by atoms with van der Waals surface area (Å²) in [5.74, 6) is -2.81. The van der Waals surface area contributed by atoms with Gasteiger partial charge in [-0.25, -0.2) is 0 Å². The molecule has 0 saturated carbocycles. The second-order valence-corrected chi connectivity index (χ2v) is 14.3. The van der Waals surface area contributed by atoms with E-state index in [2.05, 4.69) is 21.3 Å². The monoisotopic (exact) mass is 658 g/mol. The molecule has 0 aliphatic rings. The maximum atomic E-state index is 13.9. The number of rotatable bonds is 18. The first-order valence-corrected chi connectivity index (χ1v) is 17.0. The fourth-order valence-electron chi connectivity index (χ4n) is 5.92. The minimum Gasteiger partial charge on any atom is -0.354 e. The predicted octanol–water partition coefficient (Wildman–Crippen LogP) is 2.84. The summed E-state index contributed by atoms with van der Waals surface area (Å²) >= 11 is 0. The molecule has 5 unspecified atom stereocenters. The number of nitrogens with zero attached hydrogens (tertiary/aromatic N) is 2. The van der Waals surface area contributed by atoms with Gasteiger partial charge in [0, 0.05) is 20.6 Å². The fraction of sp³-hybridized carbons (Fsp3) is 0.694. The second kappa shape index (κ2) is 19.4. The van der Waals surface area contributed by atoms with Gasteiger partial charge < -0.3 is 31.1 Å². The lowest BCUT2D eigenvalue weighted by atomic mass is 9.95. The number of nitrogens with one attached hydrogen (secondary N) is 4. The molecule has 0 spiro atoms. The summed E-state index contributed by atoms with van der Waals surface area (Å²) in [6, 6.07) is 5.92. The molecule has 0 fully saturated rings. The molecule has 0 aliphatic carbocycles. The molecule has 1 aromatic rings. The van der Waals surface area contributed by atoms with E-state index in [9.17, 15) is 24.0 Å². The standard InChI is InChI=1S/C36H62N6O5/c1-21(2)27(37-11)32(43)39-28(22(3)4)35(46)42(13)31(25(9)10)34(45)40-29(23(5)6)36(47)41(12)30(24(7)8)33(44)38-20-19-26-17-15-14-16-18-26/h14-18,21-25,27-31,37H,19-20H2,1-13H3,(H,38,44)(H,39,43)(H,40,45). The van der Waals surface area contributed by atoms with Crippen LogP contribution in [0, 0.1) is 29.6 Å². The summed E-state index contributed by atoms with van der Waals surface area (Å²) < 4.78 is 0. The Hall–Kier alpha value is -3.47. The molecule has 266 valence electrons. The van der Waals surface area contributed by atoms with E-state index in [0.717, 1.165) is 5.56 Å². The minimum absolute atomic E-state index is 0.00845. The fourth-order valence-corrected chi connectivity index (χ4v) is 5.92. The van der Waals surface area contributed by atoms with Crippen molar-refractivity contribution in [1.29, 1.82) is 0 Å². The van der Waals surface area contributed by atoms with E-state index in [4.69, 9.17) is 0 Å². The largest absolute Gasteiger partial charge is 0.354 e. The molecule has 11 heteroatoms. The van der Waals surface area contributed by atoms with Gasteiger partial charge in [-0.2, -0.15) is 0 Å². The lowest BCUT2D eigenvalue weighted by molar-refractivity contribution is -0.147. The predicted molar refractivity (Wildman–Crippen MR) is 187 cm³/mol. The van der Waals surface area contributed by atoms with Gasteiger partial charge in [0.2, 0.25) is 29.5 Å². The van der Waals surface area contributed by atoms with Gasteiger partial charge >= 0.3 is 0 Å². The smallest absolute Gasteiger partial charge is 0.245 e. The van der Waals surface area contributed by atoms with Crippen molar-refractivity contribution in [3.8, 4) is 0 Å². The molecule has 1 aromatic carbocycles. The Morgan fingerprint density at radius 3 is 1.36 bits per heavy atom. The van der Waals surface area contributed by atoms with Gasteiger partial charge in [0.05, 0.1) is 6.04 Å². The topological polar surface area (TPSA) is 140 Å². The van der Waals surface area contributed by atoms with Crippen LogP contribution in [0.3, 0.4) is 0 Å². The van der Waals surface area contributed by atoms with Crippen LogP contribution < -0.4 is 21.3 Å². The summed E-state index contributed by atoms with van der Waals surface area (Å²) in [6.45, 7) is 19.1. The van der Waals surface area contributed by atoms with Crippen LogP contribution in [0.2, 0.25) is 0 Å². The van der Waals surface area contributed by atoms with Crippen molar-refractivity contribution in [2.75, 3.05) is 27.7 Å². The molecule has 0 heterocycles. The highest BCUT2D eigenvalue weighted by molar-refractivity contribution is 5.96. The highest BCUT2D eigenvalue weighted by atomic mass is 16.2. The minimum atomic E-state index is -0.932. The SMILES string of the molecule is CNC(C(=O)NC(C(=O)N(C)C(C(=O)NC(C(=O)N(C)C(C(=O)NCCc1ccccc1)C(C)C)C(C)C)C(C)C)C(C)C)C(C)C. The molecular formula is C36H62N6O5. The summed E-state index contributed by atoms with van der Waals surface area (Å²) in [7, 11) is 4.85. The maximum absolute atomic E-state index is 13.9. The number of carbonyl (C=O) groups excluding carboxylic acids is 5. The number of hydrogen-bond donors (Lipinski definition) is 4. The average molecular weight is 659 g/mol. The van der Waals surface area contributed by atoms with Gasteiger partial charge in [-0.15, -0.1) is 0 Å². The third kappa shape index (κ3) is 11.9. The second-order valence-electron chi connectivity index (χ2n) is 14.3. The number of hydrogen-bond acceptors (Lipinski definition) is 6. The average Bonchev–Trinajstić information content (AvgIpc) is 2.98. The lowest BCUT2D eigenvalue weighted by Crippen LogP contribution is -2.62. The first kappa shape index (κ1) is 41.6. The third-order valence-corrected chi connectivity index (χ3v) is 8.61. The zero-order chi connectivity index (χ0) is 36.2. The van der Waals surface area contributed by atoms with Crippen molar-refractivity contribution in [2.24, 2.45) is 29.6 Å². The van der Waals surface area contributed by atoms with Crippen LogP contribution in [0.5, 0.6) is 0 Å². The summed E-state index contributed by atoms with van der Waals surface area (Å²) in [5.41, 5.74) is 1.10. The van der Waals surface area contributed by atoms with Crippen molar-refractivity contribution in [2.45, 2.75) is 106 Å². The zero-order valence-electron chi connectivity index (χ0n) is 31.0. The van der Waals surface area contributed by atoms with Gasteiger partial charge in [0.25, 0.3) is 0 Å². The van der Waals surface area contributed by atoms with Gasteiger partial charge in [0.1, 0.15) is 24.2 Å². The van der Waals surface area contributed by atoms with Crippen LogP contribution in [0.4, 0.5) is 0 Å². The number of amides is 5. The molecule has 0 bridgehead atoms. The van der Waals surface area contributed by atoms with Crippen molar-refractivity contribution in [3.05, 3.63) is 35.9 Å². The molecule has 0 radical (unpaired) electrons. The molecule has 5 atom stereocenters. The highest BCUT2D eigenvalue weighted by Crippen LogP contribution is 2.18. The zero-order valence-corrected chi connectivity index (χ0v) is 31.0. The summed E-state index contributed by atoms with van der Waals surface area (Å²) in [6.07, 6.45) is 0.664. The van der Waals surface area contributed by atoms with E-state index in [0.29, 0.717) is 13.0 Å². The Balaban J connectivity index is 3.16. The normalized spacial score (nSPS) is 14.9. The van der Waals surface area contributed by atoms with Gasteiger partial charge in [-0.05, 0) is 48.6 Å². The van der Waals surface area contributed by atoms with E-state index in [1.165, 1.54) is 9.80 Å². The highest BCUT2D eigenvalue weighted by Gasteiger charge is 2.40. The van der Waals surface area contributed by atoms with Crippen LogP contribution in [-0.2, 0) is 30.4 Å². The molecule has 4 N–H and O–H groups in total. The molecule has 0 aliphatic heterocycles. The first-order chi connectivity index (χ1) is 21.9. The summed E-state index contributed by atoms with van der Waals surface area (Å²) in [5, 5.41) is 11.8. The maximum Gasteiger partial charge on any atom is 0.245 e. The Kier molecular flexibility index (Phi) is 17.1. The van der Waals surface area contributed by atoms with Crippen LogP contribution in [-0.4, -0.2) is 97.2 Å². The lowest BCUT2D eigenvalue weighted by Gasteiger charge is -2.37. The van der Waals surface area contributed by atoms with Gasteiger partial charge in [-0.3, -0.25) is 24.0 Å². The van der Waals surface area contributed by atoms with Crippen molar-refractivity contribution < 1.29 is 24.0 Å². The molecule has 0 aromatic heterocycles. The quantitative estimate of drug-likeness (QED) is 0.191. The first-order valence-electron chi connectivity index (χ1n) is 17.0. The van der Waals surface area contributed by atoms with Crippen molar-refractivity contribution in [1.82, 2.24) is 31.1 Å². The molecule has 11 nitrogen and oxygen atoms in total. The summed E-state index contributed by atoms with van der Waals surface area (Å²) in [4.78, 5) is 70.8. The van der Waals surface area contributed by atoms with Crippen molar-refractivity contribution >= 4 is 29.5 Å². The van der Waals surface area contributed by atoms with Crippen LogP contribution >= 0.6 is 0 Å². The Labute approximate surface area is 283 Å². The van der Waals surface area contributed by atoms with Crippen LogP contribution in [0.25, 0.3) is 0 Å². The van der Waals surface area contributed by atoms with Gasteiger partial charge in [-0.1, -0.05) is 99.6 Å². The number of carbonyl (C=O) groups is 5. The Morgan fingerprint density at radius 1 is 0.574 bits per heavy atom. The third-order valence-electron chi connectivity index (χ3n) is 8.61. The number of benzene rings is 1. The number of likely N-dealkylation sites (N-methyl/N-ethyl adjacent to an activating group) is 3. The van der Waals surface area contributed by atoms with E-state index in [-0.39, 0.29) is 47.3 Å². The molecule has 0 saturated heterocycles. The Bertz CT molecular complexity index is 1170. The van der Waals surface area contributed by atoms with Crippen LogP contribution in [0.1, 0.15) is 74.8 Å². The van der Waals surface area contributed by atoms with Crippen molar-refractivity contribution in [3.63, 3.8) is 0 Å². The molecule has 5 amide bonds. The van der Waals surface area contributed by atoms with E-state index < -0.39 is 42.0 Å². The molecule has 47 heavy (non-hydrogen) atoms. The van der Waals surface area contributed by atoms with Crippen LogP contribution in [0.15, 0.2) is 30.3 Å².